The Hall–Kier alpha value is -2.37. The molecule has 0 aromatic heterocycles. The smallest absolute Gasteiger partial charge is 0.410 e. The number of nitrogens with zero attached hydrogens (tertiary/aromatic N) is 2. The van der Waals surface area contributed by atoms with E-state index >= 15 is 0 Å². The van der Waals surface area contributed by atoms with Crippen LogP contribution in [-0.2, 0) is 4.74 Å². The maximum atomic E-state index is 11.8. The standard InChI is InChI=1S/C16H24N2O4/c1-12(8-9-14(3)18(20)21)13(2)10-11-17(7)15(19)22-16(4,5)6/h8-9H,1-3,10-11H2,4-7H3/b9-8-. The van der Waals surface area contributed by atoms with Gasteiger partial charge < -0.3 is 9.64 Å². The number of ether oxygens (including phenoxy) is 1. The Kier molecular flexibility index (Phi) is 7.29. The van der Waals surface area contributed by atoms with Crippen LogP contribution < -0.4 is 0 Å². The van der Waals surface area contributed by atoms with Gasteiger partial charge in [-0.3, -0.25) is 10.1 Å². The molecular weight excluding hydrogens is 284 g/mol. The van der Waals surface area contributed by atoms with Crippen molar-refractivity contribution in [1.82, 2.24) is 4.90 Å². The van der Waals surface area contributed by atoms with Gasteiger partial charge in [0.25, 0.3) is 5.70 Å². The molecule has 0 heterocycles. The lowest BCUT2D eigenvalue weighted by Gasteiger charge is -2.24. The summed E-state index contributed by atoms with van der Waals surface area (Å²) in [6.07, 6.45) is 2.83. The summed E-state index contributed by atoms with van der Waals surface area (Å²) in [5.74, 6) is 0. The number of amides is 1. The lowest BCUT2D eigenvalue weighted by Crippen LogP contribution is -2.34. The Morgan fingerprint density at radius 1 is 1.27 bits per heavy atom. The first-order valence-corrected chi connectivity index (χ1v) is 6.76. The van der Waals surface area contributed by atoms with E-state index in [-0.39, 0.29) is 5.70 Å². The summed E-state index contributed by atoms with van der Waals surface area (Å²) >= 11 is 0. The van der Waals surface area contributed by atoms with Gasteiger partial charge in [0.05, 0.1) is 4.92 Å². The average molecular weight is 308 g/mol. The monoisotopic (exact) mass is 308 g/mol. The van der Waals surface area contributed by atoms with Gasteiger partial charge >= 0.3 is 6.09 Å². The number of hydrogen-bond donors (Lipinski definition) is 0. The Bertz CT molecular complexity index is 513. The second kappa shape index (κ2) is 8.17. The quantitative estimate of drug-likeness (QED) is 0.408. The van der Waals surface area contributed by atoms with Crippen molar-refractivity contribution >= 4 is 6.09 Å². The van der Waals surface area contributed by atoms with Gasteiger partial charge in [-0.15, -0.1) is 0 Å². The molecule has 0 spiro atoms. The van der Waals surface area contributed by atoms with Crippen LogP contribution in [0.4, 0.5) is 4.79 Å². The lowest BCUT2D eigenvalue weighted by molar-refractivity contribution is -0.418. The molecule has 1 amide bonds. The summed E-state index contributed by atoms with van der Waals surface area (Å²) < 4.78 is 5.23. The van der Waals surface area contributed by atoms with Crippen molar-refractivity contribution in [3.8, 4) is 0 Å². The van der Waals surface area contributed by atoms with Crippen LogP contribution in [0.25, 0.3) is 0 Å². The molecule has 0 aliphatic heterocycles. The minimum atomic E-state index is -0.581. The summed E-state index contributed by atoms with van der Waals surface area (Å²) in [6.45, 7) is 16.7. The average Bonchev–Trinajstić information content (AvgIpc) is 2.38. The number of carbonyl (C=O) groups is 1. The van der Waals surface area contributed by atoms with Gasteiger partial charge in [0, 0.05) is 19.7 Å². The molecule has 0 N–H and O–H groups in total. The maximum Gasteiger partial charge on any atom is 0.410 e. The van der Waals surface area contributed by atoms with Crippen LogP contribution in [-0.4, -0.2) is 35.1 Å². The van der Waals surface area contributed by atoms with Crippen molar-refractivity contribution in [3.05, 3.63) is 58.8 Å². The summed E-state index contributed by atoms with van der Waals surface area (Å²) in [5, 5.41) is 10.4. The van der Waals surface area contributed by atoms with Crippen molar-refractivity contribution < 1.29 is 14.5 Å². The molecule has 0 rings (SSSR count). The van der Waals surface area contributed by atoms with E-state index in [0.29, 0.717) is 24.1 Å². The Balaban J connectivity index is 4.39. The fourth-order valence-electron chi connectivity index (χ4n) is 1.27. The first kappa shape index (κ1) is 19.6. The number of allylic oxidation sites excluding steroid dienone is 3. The van der Waals surface area contributed by atoms with Crippen molar-refractivity contribution in [2.45, 2.75) is 32.8 Å². The third-order valence-electron chi connectivity index (χ3n) is 2.62. The lowest BCUT2D eigenvalue weighted by atomic mass is 10.1. The van der Waals surface area contributed by atoms with E-state index in [9.17, 15) is 14.9 Å². The maximum absolute atomic E-state index is 11.8. The van der Waals surface area contributed by atoms with E-state index in [1.54, 1.807) is 27.8 Å². The zero-order valence-corrected chi connectivity index (χ0v) is 13.7. The van der Waals surface area contributed by atoms with Crippen LogP contribution in [0.2, 0.25) is 0 Å². The van der Waals surface area contributed by atoms with E-state index < -0.39 is 16.6 Å². The summed E-state index contributed by atoms with van der Waals surface area (Å²) in [7, 11) is 1.63. The van der Waals surface area contributed by atoms with Crippen LogP contribution in [0.15, 0.2) is 48.7 Å². The topological polar surface area (TPSA) is 72.7 Å². The molecule has 122 valence electrons. The van der Waals surface area contributed by atoms with Gasteiger partial charge in [-0.2, -0.15) is 0 Å². The summed E-state index contributed by atoms with van der Waals surface area (Å²) in [4.78, 5) is 23.1. The molecule has 6 nitrogen and oxygen atoms in total. The second-order valence-electron chi connectivity index (χ2n) is 5.86. The predicted molar refractivity (Wildman–Crippen MR) is 87.0 cm³/mol. The van der Waals surface area contributed by atoms with Crippen LogP contribution >= 0.6 is 0 Å². The highest BCUT2D eigenvalue weighted by atomic mass is 16.6. The van der Waals surface area contributed by atoms with E-state index in [0.717, 1.165) is 0 Å². The fraction of sp³-hybridized carbons (Fsp3) is 0.438. The zero-order chi connectivity index (χ0) is 17.5. The molecular formula is C16H24N2O4. The molecule has 0 radical (unpaired) electrons. The fourth-order valence-corrected chi connectivity index (χ4v) is 1.27. The predicted octanol–water partition coefficient (Wildman–Crippen LogP) is 3.70. The highest BCUT2D eigenvalue weighted by molar-refractivity contribution is 5.67. The van der Waals surface area contributed by atoms with Crippen molar-refractivity contribution in [3.63, 3.8) is 0 Å². The van der Waals surface area contributed by atoms with Gasteiger partial charge in [-0.1, -0.05) is 13.2 Å². The van der Waals surface area contributed by atoms with Gasteiger partial charge in [0.15, 0.2) is 0 Å². The molecule has 0 atom stereocenters. The summed E-state index contributed by atoms with van der Waals surface area (Å²) in [6, 6.07) is 0. The van der Waals surface area contributed by atoms with Gasteiger partial charge in [-0.25, -0.2) is 4.79 Å². The molecule has 6 heteroatoms. The number of hydrogen-bond acceptors (Lipinski definition) is 4. The molecule has 0 aliphatic rings. The van der Waals surface area contributed by atoms with Gasteiger partial charge in [0.1, 0.15) is 5.60 Å². The zero-order valence-electron chi connectivity index (χ0n) is 13.7. The van der Waals surface area contributed by atoms with E-state index in [2.05, 4.69) is 19.7 Å². The molecule has 0 aromatic rings. The molecule has 0 aromatic carbocycles. The number of nitro groups is 1. The highest BCUT2D eigenvalue weighted by Gasteiger charge is 2.19. The first-order valence-electron chi connectivity index (χ1n) is 6.76. The molecule has 22 heavy (non-hydrogen) atoms. The minimum absolute atomic E-state index is 0.222. The van der Waals surface area contributed by atoms with E-state index in [1.165, 1.54) is 17.1 Å². The highest BCUT2D eigenvalue weighted by Crippen LogP contribution is 2.14. The minimum Gasteiger partial charge on any atom is -0.444 e. The molecule has 0 saturated heterocycles. The number of rotatable bonds is 7. The molecule has 0 aliphatic carbocycles. The van der Waals surface area contributed by atoms with Gasteiger partial charge in [0.2, 0.25) is 0 Å². The largest absolute Gasteiger partial charge is 0.444 e. The molecule has 0 saturated carbocycles. The van der Waals surface area contributed by atoms with E-state index in [1.807, 2.05) is 0 Å². The van der Waals surface area contributed by atoms with Crippen molar-refractivity contribution in [2.75, 3.05) is 13.6 Å². The normalized spacial score (nSPS) is 11.1. The van der Waals surface area contributed by atoms with Crippen LogP contribution in [0.1, 0.15) is 27.2 Å². The van der Waals surface area contributed by atoms with Crippen LogP contribution in [0, 0.1) is 10.1 Å². The molecule has 0 unspecified atom stereocenters. The van der Waals surface area contributed by atoms with Crippen LogP contribution in [0.3, 0.4) is 0 Å². The van der Waals surface area contributed by atoms with Crippen molar-refractivity contribution in [2.24, 2.45) is 0 Å². The third kappa shape index (κ3) is 8.04. The molecule has 0 fully saturated rings. The first-order chi connectivity index (χ1) is 9.94. The summed E-state index contributed by atoms with van der Waals surface area (Å²) in [5.41, 5.74) is 0.473. The van der Waals surface area contributed by atoms with E-state index in [4.69, 9.17) is 4.74 Å². The Morgan fingerprint density at radius 3 is 2.27 bits per heavy atom. The third-order valence-corrected chi connectivity index (χ3v) is 2.62. The number of carbonyl (C=O) groups excluding carboxylic acids is 1. The van der Waals surface area contributed by atoms with Crippen molar-refractivity contribution in [1.29, 1.82) is 0 Å². The molecule has 0 bridgehead atoms. The second-order valence-corrected chi connectivity index (χ2v) is 5.86. The SMILES string of the molecule is C=C(/C=C\C(=C)[N+](=O)[O-])C(=C)CCN(C)C(=O)OC(C)(C)C. The van der Waals surface area contributed by atoms with Crippen LogP contribution in [0.5, 0.6) is 0 Å². The van der Waals surface area contributed by atoms with Gasteiger partial charge in [-0.05, 0) is 51.0 Å². The Labute approximate surface area is 131 Å². The Morgan fingerprint density at radius 2 is 1.82 bits per heavy atom.